The Morgan fingerprint density at radius 3 is 2.94 bits per heavy atom. The molecule has 0 saturated carbocycles. The zero-order valence-electron chi connectivity index (χ0n) is 11.6. The fourth-order valence-electron chi connectivity index (χ4n) is 3.37. The molecule has 1 atom stereocenters. The van der Waals surface area contributed by atoms with Gasteiger partial charge in [0.2, 0.25) is 0 Å². The van der Waals surface area contributed by atoms with Gasteiger partial charge < -0.3 is 10.3 Å². The molecule has 3 rings (SSSR count). The lowest BCUT2D eigenvalue weighted by Crippen LogP contribution is -2.24. The van der Waals surface area contributed by atoms with Crippen LogP contribution in [0.25, 0.3) is 10.9 Å². The molecule has 96 valence electrons. The average molecular weight is 242 g/mol. The third kappa shape index (κ3) is 1.76. The molecular weight excluding hydrogens is 220 g/mol. The second-order valence-electron chi connectivity index (χ2n) is 5.52. The summed E-state index contributed by atoms with van der Waals surface area (Å²) in [5.74, 6) is 0. The molecule has 1 aromatic carbocycles. The van der Waals surface area contributed by atoms with E-state index in [0.29, 0.717) is 6.04 Å². The van der Waals surface area contributed by atoms with Crippen molar-refractivity contribution >= 4 is 10.9 Å². The van der Waals surface area contributed by atoms with Gasteiger partial charge in [0, 0.05) is 22.6 Å². The number of aromatic nitrogens is 1. The molecule has 2 heteroatoms. The minimum absolute atomic E-state index is 0.519. The van der Waals surface area contributed by atoms with E-state index < -0.39 is 0 Å². The number of hydrogen-bond donors (Lipinski definition) is 2. The van der Waals surface area contributed by atoms with E-state index in [1.54, 1.807) is 5.56 Å². The van der Waals surface area contributed by atoms with Gasteiger partial charge in [-0.15, -0.1) is 0 Å². The van der Waals surface area contributed by atoms with Crippen LogP contribution in [-0.2, 0) is 6.42 Å². The van der Waals surface area contributed by atoms with Crippen LogP contribution in [-0.4, -0.2) is 11.5 Å². The molecular formula is C16H22N2. The van der Waals surface area contributed by atoms with E-state index in [4.69, 9.17) is 0 Å². The van der Waals surface area contributed by atoms with Crippen molar-refractivity contribution in [3.8, 4) is 0 Å². The maximum atomic E-state index is 3.68. The molecule has 1 heterocycles. The normalized spacial score (nSPS) is 19.2. The fraction of sp³-hybridized carbons (Fsp3) is 0.500. The van der Waals surface area contributed by atoms with Gasteiger partial charge in [-0.3, -0.25) is 0 Å². The summed E-state index contributed by atoms with van der Waals surface area (Å²) in [6, 6.07) is 5.13. The van der Waals surface area contributed by atoms with Crippen LogP contribution in [0.2, 0.25) is 0 Å². The Morgan fingerprint density at radius 1 is 1.33 bits per heavy atom. The number of nitrogens with one attached hydrogen (secondary N) is 2. The summed E-state index contributed by atoms with van der Waals surface area (Å²) in [4.78, 5) is 3.68. The lowest BCUT2D eigenvalue weighted by molar-refractivity contribution is 0.465. The summed E-state index contributed by atoms with van der Waals surface area (Å²) in [6.07, 6.45) is 3.77. The summed E-state index contributed by atoms with van der Waals surface area (Å²) >= 11 is 0. The molecule has 0 aliphatic heterocycles. The van der Waals surface area contributed by atoms with Crippen LogP contribution < -0.4 is 5.32 Å². The van der Waals surface area contributed by atoms with Crippen molar-refractivity contribution in [2.45, 2.75) is 46.1 Å². The van der Waals surface area contributed by atoms with Crippen molar-refractivity contribution in [2.24, 2.45) is 0 Å². The maximum absolute atomic E-state index is 3.68. The topological polar surface area (TPSA) is 27.8 Å². The average Bonchev–Trinajstić information content (AvgIpc) is 2.70. The molecule has 2 nitrogen and oxygen atoms in total. The first kappa shape index (κ1) is 11.8. The smallest absolute Gasteiger partial charge is 0.0489 e. The Morgan fingerprint density at radius 2 is 2.17 bits per heavy atom. The molecule has 2 aromatic rings. The number of rotatable bonds is 2. The molecule has 0 bridgehead atoms. The number of H-pyrrole nitrogens is 1. The van der Waals surface area contributed by atoms with Crippen LogP contribution >= 0.6 is 0 Å². The van der Waals surface area contributed by atoms with E-state index in [0.717, 1.165) is 6.54 Å². The van der Waals surface area contributed by atoms with E-state index in [2.05, 4.69) is 43.2 Å². The van der Waals surface area contributed by atoms with Gasteiger partial charge in [0.1, 0.15) is 0 Å². The van der Waals surface area contributed by atoms with E-state index >= 15 is 0 Å². The summed E-state index contributed by atoms with van der Waals surface area (Å²) < 4.78 is 0. The van der Waals surface area contributed by atoms with E-state index in [1.807, 2.05) is 0 Å². The number of aryl methyl sites for hydroxylation is 3. The van der Waals surface area contributed by atoms with Gasteiger partial charge in [0.15, 0.2) is 0 Å². The molecule has 0 radical (unpaired) electrons. The highest BCUT2D eigenvalue weighted by atomic mass is 14.9. The summed E-state index contributed by atoms with van der Waals surface area (Å²) in [5, 5.41) is 5.05. The second-order valence-corrected chi connectivity index (χ2v) is 5.52. The Labute approximate surface area is 109 Å². The lowest BCUT2D eigenvalue weighted by Gasteiger charge is -2.23. The molecule has 0 fully saturated rings. The minimum Gasteiger partial charge on any atom is -0.357 e. The Hall–Kier alpha value is -1.28. The SMILES string of the molecule is CCNC1CCCc2c1[nH]c1c(C)cc(C)cc21. The standard InChI is InChI=1S/C16H22N2/c1-4-17-14-7-5-6-12-13-9-10(2)8-11(3)15(13)18-16(12)14/h8-9,14,17-18H,4-7H2,1-3H3. The highest BCUT2D eigenvalue weighted by Crippen LogP contribution is 2.36. The molecule has 1 aliphatic rings. The zero-order valence-corrected chi connectivity index (χ0v) is 11.6. The van der Waals surface area contributed by atoms with Crippen LogP contribution in [0.15, 0.2) is 12.1 Å². The quantitative estimate of drug-likeness (QED) is 0.824. The van der Waals surface area contributed by atoms with Gasteiger partial charge in [0.05, 0.1) is 0 Å². The van der Waals surface area contributed by atoms with Gasteiger partial charge >= 0.3 is 0 Å². The first-order chi connectivity index (χ1) is 8.70. The first-order valence-corrected chi connectivity index (χ1v) is 7.05. The summed E-state index contributed by atoms with van der Waals surface area (Å²) in [6.45, 7) is 7.62. The Balaban J connectivity index is 2.20. The minimum atomic E-state index is 0.519. The van der Waals surface area contributed by atoms with Crippen LogP contribution in [0, 0.1) is 13.8 Å². The highest BCUT2D eigenvalue weighted by molar-refractivity contribution is 5.88. The monoisotopic (exact) mass is 242 g/mol. The number of benzene rings is 1. The molecule has 0 spiro atoms. The van der Waals surface area contributed by atoms with Crippen molar-refractivity contribution in [2.75, 3.05) is 6.54 Å². The predicted molar refractivity (Wildman–Crippen MR) is 77.1 cm³/mol. The van der Waals surface area contributed by atoms with Gasteiger partial charge in [-0.25, -0.2) is 0 Å². The van der Waals surface area contributed by atoms with Gasteiger partial charge in [-0.1, -0.05) is 18.6 Å². The van der Waals surface area contributed by atoms with E-state index in [1.165, 1.54) is 47.0 Å². The largest absolute Gasteiger partial charge is 0.357 e. The fourth-order valence-corrected chi connectivity index (χ4v) is 3.37. The third-order valence-corrected chi connectivity index (χ3v) is 4.11. The van der Waals surface area contributed by atoms with Crippen molar-refractivity contribution < 1.29 is 0 Å². The van der Waals surface area contributed by atoms with Gasteiger partial charge in [-0.05, 0) is 56.8 Å². The third-order valence-electron chi connectivity index (χ3n) is 4.11. The molecule has 1 unspecified atom stereocenters. The number of aromatic amines is 1. The highest BCUT2D eigenvalue weighted by Gasteiger charge is 2.23. The number of hydrogen-bond acceptors (Lipinski definition) is 1. The van der Waals surface area contributed by atoms with Crippen molar-refractivity contribution in [3.05, 3.63) is 34.5 Å². The van der Waals surface area contributed by atoms with Gasteiger partial charge in [0.25, 0.3) is 0 Å². The molecule has 0 amide bonds. The first-order valence-electron chi connectivity index (χ1n) is 7.05. The van der Waals surface area contributed by atoms with E-state index in [-0.39, 0.29) is 0 Å². The second kappa shape index (κ2) is 4.43. The van der Waals surface area contributed by atoms with Crippen LogP contribution in [0.3, 0.4) is 0 Å². The van der Waals surface area contributed by atoms with Crippen molar-refractivity contribution in [1.82, 2.24) is 10.3 Å². The van der Waals surface area contributed by atoms with Crippen LogP contribution in [0.1, 0.15) is 48.2 Å². The molecule has 18 heavy (non-hydrogen) atoms. The maximum Gasteiger partial charge on any atom is 0.0489 e. The Kier molecular flexibility index (Phi) is 2.90. The van der Waals surface area contributed by atoms with Gasteiger partial charge in [-0.2, -0.15) is 0 Å². The zero-order chi connectivity index (χ0) is 12.7. The molecule has 1 aliphatic carbocycles. The summed E-state index contributed by atoms with van der Waals surface area (Å²) in [5.41, 5.74) is 7.07. The number of fused-ring (bicyclic) bond motifs is 3. The van der Waals surface area contributed by atoms with Crippen molar-refractivity contribution in [1.29, 1.82) is 0 Å². The van der Waals surface area contributed by atoms with E-state index in [9.17, 15) is 0 Å². The summed E-state index contributed by atoms with van der Waals surface area (Å²) in [7, 11) is 0. The van der Waals surface area contributed by atoms with Crippen molar-refractivity contribution in [3.63, 3.8) is 0 Å². The predicted octanol–water partition coefficient (Wildman–Crippen LogP) is 3.77. The molecule has 2 N–H and O–H groups in total. The van der Waals surface area contributed by atoms with Crippen LogP contribution in [0.4, 0.5) is 0 Å². The molecule has 0 saturated heterocycles. The van der Waals surface area contributed by atoms with Crippen LogP contribution in [0.5, 0.6) is 0 Å². The Bertz CT molecular complexity index is 580. The molecule has 1 aromatic heterocycles. The lowest BCUT2D eigenvalue weighted by atomic mass is 9.91.